The summed E-state index contributed by atoms with van der Waals surface area (Å²) in [6.07, 6.45) is 4.98. The summed E-state index contributed by atoms with van der Waals surface area (Å²) in [7, 11) is -3.36. The van der Waals surface area contributed by atoms with E-state index in [0.29, 0.717) is 11.4 Å². The lowest BCUT2D eigenvalue weighted by molar-refractivity contribution is 0.568. The molecule has 25 heavy (non-hydrogen) atoms. The molecule has 0 aliphatic carbocycles. The molecule has 3 rings (SSSR count). The largest absolute Gasteiger partial charge is 0.472 e. The second kappa shape index (κ2) is 7.68. The number of nitrogens with two attached hydrogens (primary N) is 1. The Hall–Kier alpha value is -2.37. The monoisotopic (exact) mass is 355 g/mol. The highest BCUT2D eigenvalue weighted by Crippen LogP contribution is 2.27. The molecule has 5 heteroatoms. The van der Waals surface area contributed by atoms with E-state index in [2.05, 4.69) is 0 Å². The maximum atomic E-state index is 12.6. The number of benzene rings is 2. The molecule has 4 nitrogen and oxygen atoms in total. The molecule has 1 aromatic heterocycles. The summed E-state index contributed by atoms with van der Waals surface area (Å²) in [6, 6.07) is 16.3. The first-order valence-electron chi connectivity index (χ1n) is 8.22. The molecular weight excluding hydrogens is 334 g/mol. The van der Waals surface area contributed by atoms with E-state index < -0.39 is 9.84 Å². The molecule has 0 radical (unpaired) electrons. The summed E-state index contributed by atoms with van der Waals surface area (Å²) in [5.41, 5.74) is 9.57. The van der Waals surface area contributed by atoms with E-state index in [1.165, 1.54) is 0 Å². The normalized spacial score (nSPS) is 11.6. The summed E-state index contributed by atoms with van der Waals surface area (Å²) in [4.78, 5) is 0.345. The van der Waals surface area contributed by atoms with Crippen molar-refractivity contribution in [3.63, 3.8) is 0 Å². The van der Waals surface area contributed by atoms with Gasteiger partial charge in [-0.15, -0.1) is 0 Å². The highest BCUT2D eigenvalue weighted by atomic mass is 32.2. The van der Waals surface area contributed by atoms with Crippen LogP contribution in [-0.4, -0.2) is 15.0 Å². The zero-order valence-corrected chi connectivity index (χ0v) is 14.7. The Morgan fingerprint density at radius 3 is 2.48 bits per heavy atom. The highest BCUT2D eigenvalue weighted by Gasteiger charge is 2.16. The quantitative estimate of drug-likeness (QED) is 0.699. The van der Waals surface area contributed by atoms with E-state index in [4.69, 9.17) is 10.2 Å². The smallest absolute Gasteiger partial charge is 0.182 e. The Balaban J connectivity index is 1.92. The molecule has 3 aromatic rings. The van der Waals surface area contributed by atoms with Gasteiger partial charge in [0.05, 0.1) is 23.2 Å². The van der Waals surface area contributed by atoms with Crippen molar-refractivity contribution in [2.24, 2.45) is 5.73 Å². The van der Waals surface area contributed by atoms with Gasteiger partial charge in [0, 0.05) is 5.56 Å². The summed E-state index contributed by atoms with van der Waals surface area (Å²) < 4.78 is 30.4. The fourth-order valence-electron chi connectivity index (χ4n) is 2.87. The molecule has 0 aliphatic heterocycles. The summed E-state index contributed by atoms with van der Waals surface area (Å²) in [5.74, 6) is -0.0156. The Morgan fingerprint density at radius 2 is 1.80 bits per heavy atom. The lowest BCUT2D eigenvalue weighted by Gasteiger charge is -2.11. The minimum Gasteiger partial charge on any atom is -0.472 e. The van der Waals surface area contributed by atoms with Gasteiger partial charge in [-0.2, -0.15) is 0 Å². The van der Waals surface area contributed by atoms with Crippen molar-refractivity contribution in [1.29, 1.82) is 0 Å². The molecule has 0 atom stereocenters. The summed E-state index contributed by atoms with van der Waals surface area (Å²) in [5, 5.41) is 0. The van der Waals surface area contributed by atoms with Crippen LogP contribution in [0.3, 0.4) is 0 Å². The molecule has 0 aliphatic rings. The molecule has 0 saturated carbocycles. The van der Waals surface area contributed by atoms with Crippen LogP contribution < -0.4 is 5.73 Å². The maximum Gasteiger partial charge on any atom is 0.182 e. The molecule has 0 unspecified atom stereocenters. The van der Waals surface area contributed by atoms with Crippen LogP contribution in [0.5, 0.6) is 0 Å². The second-order valence-corrected chi connectivity index (χ2v) is 7.96. The third kappa shape index (κ3) is 4.18. The molecule has 130 valence electrons. The van der Waals surface area contributed by atoms with Crippen LogP contribution in [0.1, 0.15) is 17.5 Å². The predicted molar refractivity (Wildman–Crippen MR) is 98.9 cm³/mol. The molecule has 2 aromatic carbocycles. The first-order chi connectivity index (χ1) is 12.1. The van der Waals surface area contributed by atoms with Crippen molar-refractivity contribution in [1.82, 2.24) is 0 Å². The van der Waals surface area contributed by atoms with Gasteiger partial charge < -0.3 is 10.2 Å². The summed E-state index contributed by atoms with van der Waals surface area (Å²) >= 11 is 0. The van der Waals surface area contributed by atoms with E-state index in [1.54, 1.807) is 36.8 Å². The molecular formula is C20H21NO3S. The zero-order chi connectivity index (χ0) is 17.7. The number of sulfone groups is 1. The van der Waals surface area contributed by atoms with Gasteiger partial charge in [0.1, 0.15) is 0 Å². The fraction of sp³-hybridized carbons (Fsp3) is 0.200. The SMILES string of the molecule is NCCCc1cc(CS(=O)(=O)c2ccccc2)ccc1-c1ccoc1. The van der Waals surface area contributed by atoms with E-state index in [0.717, 1.165) is 35.1 Å². The van der Waals surface area contributed by atoms with Crippen LogP contribution in [0, 0.1) is 0 Å². The average molecular weight is 355 g/mol. The van der Waals surface area contributed by atoms with Crippen LogP contribution in [0.2, 0.25) is 0 Å². The third-order valence-electron chi connectivity index (χ3n) is 4.11. The lowest BCUT2D eigenvalue weighted by atomic mass is 9.96. The van der Waals surface area contributed by atoms with Crippen molar-refractivity contribution in [3.8, 4) is 11.1 Å². The Bertz CT molecular complexity index is 917. The van der Waals surface area contributed by atoms with Gasteiger partial charge in [-0.25, -0.2) is 8.42 Å². The minimum absolute atomic E-state index is 0.0156. The van der Waals surface area contributed by atoms with Crippen molar-refractivity contribution in [2.75, 3.05) is 6.54 Å². The van der Waals surface area contributed by atoms with Crippen LogP contribution in [0.15, 0.2) is 76.4 Å². The maximum absolute atomic E-state index is 12.6. The molecule has 0 amide bonds. The minimum atomic E-state index is -3.36. The zero-order valence-electron chi connectivity index (χ0n) is 13.9. The Kier molecular flexibility index (Phi) is 5.36. The van der Waals surface area contributed by atoms with Gasteiger partial charge in [-0.1, -0.05) is 36.4 Å². The van der Waals surface area contributed by atoms with Crippen LogP contribution in [0.25, 0.3) is 11.1 Å². The van der Waals surface area contributed by atoms with Crippen LogP contribution in [-0.2, 0) is 22.0 Å². The fourth-order valence-corrected chi connectivity index (χ4v) is 4.22. The lowest BCUT2D eigenvalue weighted by Crippen LogP contribution is -2.06. The van der Waals surface area contributed by atoms with Crippen LogP contribution >= 0.6 is 0 Å². The predicted octanol–water partition coefficient (Wildman–Crippen LogP) is 3.81. The van der Waals surface area contributed by atoms with Gasteiger partial charge in [0.2, 0.25) is 0 Å². The molecule has 0 fully saturated rings. The molecule has 0 bridgehead atoms. The number of aryl methyl sites for hydroxylation is 1. The average Bonchev–Trinajstić information content (AvgIpc) is 3.15. The third-order valence-corrected chi connectivity index (χ3v) is 5.81. The number of hydrogen-bond donors (Lipinski definition) is 1. The molecule has 2 N–H and O–H groups in total. The standard InChI is InChI=1S/C20H21NO3S/c21-11-4-5-17-13-16(8-9-20(17)18-10-12-24-14-18)15-25(22,23)19-6-2-1-3-7-19/h1-3,6-10,12-14H,4-5,11,15,21H2. The molecule has 1 heterocycles. The topological polar surface area (TPSA) is 73.3 Å². The Labute approximate surface area is 148 Å². The van der Waals surface area contributed by atoms with E-state index in [9.17, 15) is 8.42 Å². The van der Waals surface area contributed by atoms with Gasteiger partial charge in [0.15, 0.2) is 9.84 Å². The van der Waals surface area contributed by atoms with Gasteiger partial charge in [-0.05, 0) is 54.3 Å². The first kappa shape index (κ1) is 17.5. The number of hydrogen-bond acceptors (Lipinski definition) is 4. The Morgan fingerprint density at radius 1 is 1.00 bits per heavy atom. The van der Waals surface area contributed by atoms with Crippen molar-refractivity contribution in [2.45, 2.75) is 23.5 Å². The van der Waals surface area contributed by atoms with Crippen LogP contribution in [0.4, 0.5) is 0 Å². The molecule has 0 spiro atoms. The van der Waals surface area contributed by atoms with Crippen molar-refractivity contribution >= 4 is 9.84 Å². The van der Waals surface area contributed by atoms with Gasteiger partial charge >= 0.3 is 0 Å². The van der Waals surface area contributed by atoms with E-state index in [1.807, 2.05) is 30.3 Å². The first-order valence-corrected chi connectivity index (χ1v) is 9.87. The van der Waals surface area contributed by atoms with E-state index in [-0.39, 0.29) is 5.75 Å². The van der Waals surface area contributed by atoms with Gasteiger partial charge in [-0.3, -0.25) is 0 Å². The van der Waals surface area contributed by atoms with Crippen molar-refractivity contribution < 1.29 is 12.8 Å². The number of rotatable bonds is 7. The highest BCUT2D eigenvalue weighted by molar-refractivity contribution is 7.90. The van der Waals surface area contributed by atoms with E-state index >= 15 is 0 Å². The summed E-state index contributed by atoms with van der Waals surface area (Å²) in [6.45, 7) is 0.595. The van der Waals surface area contributed by atoms with Crippen molar-refractivity contribution in [3.05, 3.63) is 78.3 Å². The van der Waals surface area contributed by atoms with Gasteiger partial charge in [0.25, 0.3) is 0 Å². The number of furan rings is 1. The molecule has 0 saturated heterocycles. The second-order valence-electron chi connectivity index (χ2n) is 5.97.